The van der Waals surface area contributed by atoms with Gasteiger partial charge in [0.05, 0.1) is 0 Å². The summed E-state index contributed by atoms with van der Waals surface area (Å²) in [5.74, 6) is 0. The topological polar surface area (TPSA) is 29.1 Å². The highest BCUT2D eigenvalue weighted by atomic mass is 16.1. The largest absolute Gasteiger partial charge is 0.320 e. The van der Waals surface area contributed by atoms with Crippen LogP contribution in [0.25, 0.3) is 0 Å². The summed E-state index contributed by atoms with van der Waals surface area (Å²) in [7, 11) is 1.89. The summed E-state index contributed by atoms with van der Waals surface area (Å²) >= 11 is 0. The first-order valence-electron chi connectivity index (χ1n) is 3.23. The number of hydrogen-bond acceptors (Lipinski definition) is 2. The first-order valence-corrected chi connectivity index (χ1v) is 3.23. The molecule has 0 spiro atoms. The Kier molecular flexibility index (Phi) is 3.47. The van der Waals surface area contributed by atoms with E-state index in [1.165, 1.54) is 0 Å². The monoisotopic (exact) mass is 129 g/mol. The molecule has 2 nitrogen and oxygen atoms in total. The number of carbonyl (C=O) groups is 1. The molecular formula is C7H15NO. The molecule has 0 fully saturated rings. The Hall–Kier alpha value is -0.370. The molecule has 0 amide bonds. The third-order valence-electron chi connectivity index (χ3n) is 1.34. The van der Waals surface area contributed by atoms with Crippen molar-refractivity contribution in [3.8, 4) is 0 Å². The smallest absolute Gasteiger partial charge is 0.125 e. The molecular weight excluding hydrogens is 114 g/mol. The summed E-state index contributed by atoms with van der Waals surface area (Å²) in [6.45, 7) is 4.79. The lowest BCUT2D eigenvalue weighted by Gasteiger charge is -2.14. The number of aldehydes is 1. The highest BCUT2D eigenvalue weighted by molar-refractivity contribution is 5.57. The second-order valence-electron chi connectivity index (χ2n) is 2.96. The maximum absolute atomic E-state index is 10.3. The van der Waals surface area contributed by atoms with Gasteiger partial charge in [0.25, 0.3) is 0 Å². The van der Waals surface area contributed by atoms with E-state index < -0.39 is 0 Å². The maximum atomic E-state index is 10.3. The van der Waals surface area contributed by atoms with Crippen molar-refractivity contribution < 1.29 is 4.79 Å². The average Bonchev–Trinajstić information content (AvgIpc) is 1.84. The Bertz CT molecular complexity index is 88.9. The molecule has 0 aliphatic rings. The summed E-state index contributed by atoms with van der Waals surface area (Å²) in [4.78, 5) is 10.3. The van der Waals surface area contributed by atoms with Crippen LogP contribution in [0.3, 0.4) is 0 Å². The van der Waals surface area contributed by atoms with E-state index in [0.29, 0.717) is 0 Å². The Morgan fingerprint density at radius 2 is 2.11 bits per heavy atom. The zero-order chi connectivity index (χ0) is 7.33. The number of rotatable bonds is 4. The van der Waals surface area contributed by atoms with E-state index in [-0.39, 0.29) is 5.41 Å². The molecule has 0 bridgehead atoms. The summed E-state index contributed by atoms with van der Waals surface area (Å²) in [6.07, 6.45) is 1.91. The lowest BCUT2D eigenvalue weighted by Crippen LogP contribution is -2.20. The molecule has 54 valence electrons. The van der Waals surface area contributed by atoms with E-state index in [1.54, 1.807) is 0 Å². The van der Waals surface area contributed by atoms with Crippen LogP contribution in [0.4, 0.5) is 0 Å². The zero-order valence-corrected chi connectivity index (χ0v) is 6.40. The predicted molar refractivity (Wildman–Crippen MR) is 38.4 cm³/mol. The van der Waals surface area contributed by atoms with Gasteiger partial charge >= 0.3 is 0 Å². The number of nitrogens with one attached hydrogen (secondary N) is 1. The van der Waals surface area contributed by atoms with E-state index >= 15 is 0 Å². The molecule has 0 aliphatic heterocycles. The molecule has 0 saturated heterocycles. The fraction of sp³-hybridized carbons (Fsp3) is 0.857. The molecule has 0 heterocycles. The molecule has 0 aliphatic carbocycles. The van der Waals surface area contributed by atoms with Crippen molar-refractivity contribution in [3.63, 3.8) is 0 Å². The lowest BCUT2D eigenvalue weighted by molar-refractivity contribution is -0.114. The zero-order valence-electron chi connectivity index (χ0n) is 6.40. The predicted octanol–water partition coefficient (Wildman–Crippen LogP) is 0.821. The Balaban J connectivity index is 3.45. The van der Waals surface area contributed by atoms with E-state index in [1.807, 2.05) is 20.9 Å². The van der Waals surface area contributed by atoms with Gasteiger partial charge in [-0.2, -0.15) is 0 Å². The van der Waals surface area contributed by atoms with Crippen LogP contribution >= 0.6 is 0 Å². The van der Waals surface area contributed by atoms with Gasteiger partial charge in [-0.05, 0) is 20.0 Å². The molecule has 0 saturated carbocycles. The molecule has 0 unspecified atom stereocenters. The van der Waals surface area contributed by atoms with Crippen molar-refractivity contribution >= 4 is 6.29 Å². The van der Waals surface area contributed by atoms with Crippen LogP contribution in [0, 0.1) is 5.41 Å². The molecule has 0 atom stereocenters. The molecule has 1 N–H and O–H groups in total. The van der Waals surface area contributed by atoms with Crippen LogP contribution < -0.4 is 5.32 Å². The molecule has 0 aromatic heterocycles. The summed E-state index contributed by atoms with van der Waals surface area (Å²) in [6, 6.07) is 0. The van der Waals surface area contributed by atoms with Gasteiger partial charge in [-0.25, -0.2) is 0 Å². The minimum absolute atomic E-state index is 0.150. The van der Waals surface area contributed by atoms with E-state index in [4.69, 9.17) is 0 Å². The van der Waals surface area contributed by atoms with Crippen molar-refractivity contribution in [2.45, 2.75) is 20.3 Å². The van der Waals surface area contributed by atoms with Crippen molar-refractivity contribution in [1.82, 2.24) is 5.32 Å². The molecule has 0 radical (unpaired) electrons. The van der Waals surface area contributed by atoms with Crippen LogP contribution in [0.15, 0.2) is 0 Å². The van der Waals surface area contributed by atoms with E-state index in [9.17, 15) is 4.79 Å². The highest BCUT2D eigenvalue weighted by Gasteiger charge is 2.14. The van der Waals surface area contributed by atoms with Crippen molar-refractivity contribution in [1.29, 1.82) is 0 Å². The quantitative estimate of drug-likeness (QED) is 0.569. The van der Waals surface area contributed by atoms with Crippen molar-refractivity contribution in [2.24, 2.45) is 5.41 Å². The molecule has 9 heavy (non-hydrogen) atoms. The van der Waals surface area contributed by atoms with Crippen molar-refractivity contribution in [2.75, 3.05) is 13.6 Å². The maximum Gasteiger partial charge on any atom is 0.125 e. The SMILES string of the molecule is CNCCC(C)(C)C=O. The van der Waals surface area contributed by atoms with E-state index in [0.717, 1.165) is 19.3 Å². The first kappa shape index (κ1) is 8.63. The van der Waals surface area contributed by atoms with Gasteiger partial charge in [-0.1, -0.05) is 13.8 Å². The van der Waals surface area contributed by atoms with Gasteiger partial charge < -0.3 is 10.1 Å². The van der Waals surface area contributed by atoms with Gasteiger partial charge in [-0.15, -0.1) is 0 Å². The van der Waals surface area contributed by atoms with Crippen LogP contribution in [0.1, 0.15) is 20.3 Å². The van der Waals surface area contributed by atoms with Gasteiger partial charge in [0.2, 0.25) is 0 Å². The van der Waals surface area contributed by atoms with Crippen LogP contribution in [0.5, 0.6) is 0 Å². The molecule has 0 aromatic rings. The second-order valence-corrected chi connectivity index (χ2v) is 2.96. The van der Waals surface area contributed by atoms with Crippen molar-refractivity contribution in [3.05, 3.63) is 0 Å². The van der Waals surface area contributed by atoms with E-state index in [2.05, 4.69) is 5.32 Å². The highest BCUT2D eigenvalue weighted by Crippen LogP contribution is 2.14. The normalized spacial score (nSPS) is 11.4. The van der Waals surface area contributed by atoms with Crippen LogP contribution in [0.2, 0.25) is 0 Å². The van der Waals surface area contributed by atoms with Gasteiger partial charge in [0.15, 0.2) is 0 Å². The molecule has 2 heteroatoms. The van der Waals surface area contributed by atoms with Gasteiger partial charge in [0, 0.05) is 5.41 Å². The molecule has 0 aromatic carbocycles. The minimum Gasteiger partial charge on any atom is -0.320 e. The number of hydrogen-bond donors (Lipinski definition) is 1. The first-order chi connectivity index (χ1) is 4.12. The summed E-state index contributed by atoms with van der Waals surface area (Å²) in [5, 5.41) is 3.00. The Morgan fingerprint density at radius 3 is 2.44 bits per heavy atom. The third kappa shape index (κ3) is 4.15. The fourth-order valence-corrected chi connectivity index (χ4v) is 0.506. The lowest BCUT2D eigenvalue weighted by atomic mass is 9.92. The fourth-order valence-electron chi connectivity index (χ4n) is 0.506. The standard InChI is InChI=1S/C7H15NO/c1-7(2,6-9)4-5-8-3/h6,8H,4-5H2,1-3H3. The second kappa shape index (κ2) is 3.62. The average molecular weight is 129 g/mol. The number of carbonyl (C=O) groups excluding carboxylic acids is 1. The summed E-state index contributed by atoms with van der Waals surface area (Å²) < 4.78 is 0. The van der Waals surface area contributed by atoms with Crippen LogP contribution in [-0.2, 0) is 4.79 Å². The Labute approximate surface area is 56.6 Å². The summed E-state index contributed by atoms with van der Waals surface area (Å²) in [5.41, 5.74) is -0.150. The van der Waals surface area contributed by atoms with Crippen LogP contribution in [-0.4, -0.2) is 19.9 Å². The Morgan fingerprint density at radius 1 is 1.56 bits per heavy atom. The third-order valence-corrected chi connectivity index (χ3v) is 1.34. The van der Waals surface area contributed by atoms with Gasteiger partial charge in [0.1, 0.15) is 6.29 Å². The van der Waals surface area contributed by atoms with Gasteiger partial charge in [-0.3, -0.25) is 0 Å². The molecule has 0 rings (SSSR count). The minimum atomic E-state index is -0.150.